The molecule has 7 nitrogen and oxygen atoms in total. The van der Waals surface area contributed by atoms with Crippen LogP contribution < -0.4 is 5.32 Å². The van der Waals surface area contributed by atoms with E-state index in [1.807, 2.05) is 12.1 Å². The largest absolute Gasteiger partial charge is 0.396 e. The van der Waals surface area contributed by atoms with Gasteiger partial charge in [-0.25, -0.2) is 12.7 Å². The lowest BCUT2D eigenvalue weighted by Gasteiger charge is -2.47. The molecule has 0 aliphatic carbocycles. The Kier molecular flexibility index (Phi) is 6.75. The van der Waals surface area contributed by atoms with Gasteiger partial charge in [-0.3, -0.25) is 4.79 Å². The van der Waals surface area contributed by atoms with E-state index < -0.39 is 15.6 Å². The number of sulfonamides is 1. The zero-order valence-electron chi connectivity index (χ0n) is 16.4. The van der Waals surface area contributed by atoms with Gasteiger partial charge in [-0.15, -0.1) is 0 Å². The molecule has 156 valence electrons. The Labute approximate surface area is 167 Å². The molecule has 28 heavy (non-hydrogen) atoms. The second kappa shape index (κ2) is 8.90. The van der Waals surface area contributed by atoms with Crippen LogP contribution in [0, 0.1) is 0 Å². The van der Waals surface area contributed by atoms with Crippen molar-refractivity contribution in [1.82, 2.24) is 9.62 Å². The van der Waals surface area contributed by atoms with Crippen molar-refractivity contribution >= 4 is 15.9 Å². The molecule has 3 rings (SSSR count). The summed E-state index contributed by atoms with van der Waals surface area (Å²) in [5, 5.41) is 11.7. The van der Waals surface area contributed by atoms with E-state index >= 15 is 0 Å². The molecule has 0 saturated carbocycles. The summed E-state index contributed by atoms with van der Waals surface area (Å²) in [6.45, 7) is 3.03. The minimum absolute atomic E-state index is 0.0495. The highest BCUT2D eigenvalue weighted by molar-refractivity contribution is 7.89. The SMILES string of the molecule is CCS(=O)(=O)N1CCC2(CC1)OC(CC(=O)NCCCO)Cc1ccccc12. The maximum absolute atomic E-state index is 12.2. The number of amides is 1. The van der Waals surface area contributed by atoms with Crippen LogP contribution in [0.5, 0.6) is 0 Å². The van der Waals surface area contributed by atoms with Gasteiger partial charge in [0.15, 0.2) is 0 Å². The number of piperidine rings is 1. The fourth-order valence-corrected chi connectivity index (χ4v) is 5.31. The van der Waals surface area contributed by atoms with Gasteiger partial charge in [-0.05, 0) is 43.7 Å². The zero-order chi connectivity index (χ0) is 20.2. The molecule has 1 fully saturated rings. The van der Waals surface area contributed by atoms with Gasteiger partial charge in [0.2, 0.25) is 15.9 Å². The summed E-state index contributed by atoms with van der Waals surface area (Å²) in [5.74, 6) is 0.0210. The molecule has 2 heterocycles. The average molecular weight is 411 g/mol. The fraction of sp³-hybridized carbons (Fsp3) is 0.650. The van der Waals surface area contributed by atoms with Crippen LogP contribution in [0.1, 0.15) is 43.7 Å². The van der Waals surface area contributed by atoms with Crippen LogP contribution in [0.4, 0.5) is 0 Å². The maximum Gasteiger partial charge on any atom is 0.222 e. The van der Waals surface area contributed by atoms with Gasteiger partial charge in [0.1, 0.15) is 0 Å². The monoisotopic (exact) mass is 410 g/mol. The van der Waals surface area contributed by atoms with Crippen molar-refractivity contribution in [2.75, 3.05) is 32.0 Å². The van der Waals surface area contributed by atoms with Crippen molar-refractivity contribution in [3.63, 3.8) is 0 Å². The van der Waals surface area contributed by atoms with Gasteiger partial charge in [-0.2, -0.15) is 0 Å². The van der Waals surface area contributed by atoms with Crippen molar-refractivity contribution in [1.29, 1.82) is 0 Å². The van der Waals surface area contributed by atoms with Crippen LogP contribution in [-0.4, -0.2) is 61.8 Å². The number of benzene rings is 1. The number of nitrogens with one attached hydrogen (secondary N) is 1. The third-order valence-corrected chi connectivity index (χ3v) is 7.59. The number of rotatable bonds is 7. The third kappa shape index (κ3) is 4.56. The lowest BCUT2D eigenvalue weighted by Crippen LogP contribution is -2.51. The lowest BCUT2D eigenvalue weighted by atomic mass is 9.78. The van der Waals surface area contributed by atoms with Gasteiger partial charge in [-0.1, -0.05) is 24.3 Å². The lowest BCUT2D eigenvalue weighted by molar-refractivity contribution is -0.146. The number of carbonyl (C=O) groups is 1. The second-order valence-corrected chi connectivity index (χ2v) is 9.78. The first-order valence-electron chi connectivity index (χ1n) is 10.0. The Hall–Kier alpha value is -1.48. The summed E-state index contributed by atoms with van der Waals surface area (Å²) in [7, 11) is -3.21. The number of hydrogen-bond acceptors (Lipinski definition) is 5. The van der Waals surface area contributed by atoms with Crippen LogP contribution in [0.25, 0.3) is 0 Å². The van der Waals surface area contributed by atoms with Crippen LogP contribution in [0.2, 0.25) is 0 Å². The Morgan fingerprint density at radius 3 is 2.71 bits per heavy atom. The van der Waals surface area contributed by atoms with Crippen molar-refractivity contribution in [3.05, 3.63) is 35.4 Å². The number of nitrogens with zero attached hydrogens (tertiary/aromatic N) is 1. The van der Waals surface area contributed by atoms with E-state index in [0.29, 0.717) is 45.3 Å². The summed E-state index contributed by atoms with van der Waals surface area (Å²) < 4.78 is 32.5. The molecule has 1 aromatic rings. The van der Waals surface area contributed by atoms with E-state index in [-0.39, 0.29) is 30.8 Å². The highest BCUT2D eigenvalue weighted by atomic mass is 32.2. The first kappa shape index (κ1) is 21.2. The van der Waals surface area contributed by atoms with Crippen molar-refractivity contribution in [3.8, 4) is 0 Å². The minimum Gasteiger partial charge on any atom is -0.396 e. The quantitative estimate of drug-likeness (QED) is 0.658. The molecular formula is C20H30N2O5S. The summed E-state index contributed by atoms with van der Waals surface area (Å²) in [5.41, 5.74) is 1.76. The van der Waals surface area contributed by atoms with E-state index in [0.717, 1.165) is 5.56 Å². The van der Waals surface area contributed by atoms with Crippen molar-refractivity contribution in [2.24, 2.45) is 0 Å². The van der Waals surface area contributed by atoms with E-state index in [1.165, 1.54) is 5.56 Å². The third-order valence-electron chi connectivity index (χ3n) is 5.71. The molecule has 1 unspecified atom stereocenters. The molecule has 0 radical (unpaired) electrons. The molecule has 1 amide bonds. The Balaban J connectivity index is 1.74. The maximum atomic E-state index is 12.2. The van der Waals surface area contributed by atoms with E-state index in [1.54, 1.807) is 11.2 Å². The number of carbonyl (C=O) groups excluding carboxylic acids is 1. The molecule has 0 bridgehead atoms. The highest BCUT2D eigenvalue weighted by Crippen LogP contribution is 2.44. The van der Waals surface area contributed by atoms with Gasteiger partial charge >= 0.3 is 0 Å². The van der Waals surface area contributed by atoms with Crippen LogP contribution in [0.3, 0.4) is 0 Å². The normalized spacial score (nSPS) is 22.0. The van der Waals surface area contributed by atoms with Crippen LogP contribution >= 0.6 is 0 Å². The van der Waals surface area contributed by atoms with Gasteiger partial charge < -0.3 is 15.2 Å². The summed E-state index contributed by atoms with van der Waals surface area (Å²) in [6, 6.07) is 8.12. The standard InChI is InChI=1S/C20H30N2O5S/c1-2-28(25,26)22-11-8-20(9-12-22)18-7-4-3-6-16(18)14-17(27-20)15-19(24)21-10-5-13-23/h3-4,6-7,17,23H,2,5,8-15H2,1H3,(H,21,24). The van der Waals surface area contributed by atoms with Gasteiger partial charge in [0.05, 0.1) is 23.9 Å². The predicted octanol–water partition coefficient (Wildman–Crippen LogP) is 1.16. The second-order valence-electron chi connectivity index (χ2n) is 7.53. The Morgan fingerprint density at radius 1 is 1.32 bits per heavy atom. The molecule has 8 heteroatoms. The van der Waals surface area contributed by atoms with Crippen molar-refractivity contribution in [2.45, 2.75) is 50.7 Å². The van der Waals surface area contributed by atoms with Crippen LogP contribution in [-0.2, 0) is 31.6 Å². The number of aliphatic hydroxyl groups excluding tert-OH is 1. The summed E-state index contributed by atoms with van der Waals surface area (Å²) in [4.78, 5) is 12.2. The predicted molar refractivity (Wildman–Crippen MR) is 106 cm³/mol. The highest BCUT2D eigenvalue weighted by Gasteiger charge is 2.45. The average Bonchev–Trinajstić information content (AvgIpc) is 2.68. The number of ether oxygens (including phenoxy) is 1. The molecule has 1 spiro atoms. The minimum atomic E-state index is -3.21. The summed E-state index contributed by atoms with van der Waals surface area (Å²) >= 11 is 0. The number of hydrogen-bond donors (Lipinski definition) is 2. The molecular weight excluding hydrogens is 380 g/mol. The van der Waals surface area contributed by atoms with Crippen molar-refractivity contribution < 1.29 is 23.1 Å². The topological polar surface area (TPSA) is 95.9 Å². The van der Waals surface area contributed by atoms with E-state index in [4.69, 9.17) is 9.84 Å². The zero-order valence-corrected chi connectivity index (χ0v) is 17.2. The van der Waals surface area contributed by atoms with Gasteiger partial charge in [0, 0.05) is 26.2 Å². The molecule has 1 aromatic carbocycles. The molecule has 2 aliphatic heterocycles. The molecule has 2 N–H and O–H groups in total. The first-order chi connectivity index (χ1) is 13.4. The smallest absolute Gasteiger partial charge is 0.222 e. The Bertz CT molecular complexity index is 788. The molecule has 2 aliphatic rings. The summed E-state index contributed by atoms with van der Waals surface area (Å²) in [6.07, 6.45) is 2.41. The van der Waals surface area contributed by atoms with E-state index in [9.17, 15) is 13.2 Å². The first-order valence-corrected chi connectivity index (χ1v) is 11.6. The van der Waals surface area contributed by atoms with Crippen LogP contribution in [0.15, 0.2) is 24.3 Å². The Morgan fingerprint density at radius 2 is 2.04 bits per heavy atom. The number of fused-ring (bicyclic) bond motifs is 2. The van der Waals surface area contributed by atoms with Gasteiger partial charge in [0.25, 0.3) is 0 Å². The van der Waals surface area contributed by atoms with E-state index in [2.05, 4.69) is 17.4 Å². The molecule has 0 aromatic heterocycles. The molecule has 1 saturated heterocycles. The number of aliphatic hydroxyl groups is 1. The fourth-order valence-electron chi connectivity index (χ4n) is 4.21. The molecule has 1 atom stereocenters.